The van der Waals surface area contributed by atoms with Crippen molar-refractivity contribution < 1.29 is 14.7 Å². The average molecular weight is 291 g/mol. The van der Waals surface area contributed by atoms with Crippen LogP contribution in [0.4, 0.5) is 10.5 Å². The Morgan fingerprint density at radius 2 is 2.05 bits per heavy atom. The van der Waals surface area contributed by atoms with E-state index in [0.717, 1.165) is 6.42 Å². The summed E-state index contributed by atoms with van der Waals surface area (Å²) >= 11 is 0. The number of hydrogen-bond donors (Lipinski definition) is 3. The van der Waals surface area contributed by atoms with E-state index >= 15 is 0 Å². The summed E-state index contributed by atoms with van der Waals surface area (Å²) in [5.74, 6) is -0.182. The normalized spacial score (nSPS) is 21.7. The summed E-state index contributed by atoms with van der Waals surface area (Å²) in [5.41, 5.74) is -0.163. The molecule has 1 heterocycles. The summed E-state index contributed by atoms with van der Waals surface area (Å²) in [6, 6.07) is 8.60. The zero-order valence-corrected chi connectivity index (χ0v) is 12.1. The van der Waals surface area contributed by atoms with Crippen molar-refractivity contribution in [1.29, 1.82) is 0 Å². The zero-order valence-electron chi connectivity index (χ0n) is 12.1. The molecule has 0 spiro atoms. The molecule has 3 N–H and O–H groups in total. The average Bonchev–Trinajstić information content (AvgIpc) is 2.45. The number of nitrogens with one attached hydrogen (secondary N) is 2. The number of nitrogens with zero attached hydrogens (tertiary/aromatic N) is 1. The molecular formula is C15H21N3O3. The minimum absolute atomic E-state index is 0.0747. The lowest BCUT2D eigenvalue weighted by Gasteiger charge is -2.36. The lowest BCUT2D eigenvalue weighted by Crippen LogP contribution is -2.51. The first-order valence-electron chi connectivity index (χ1n) is 7.06. The maximum Gasteiger partial charge on any atom is 0.319 e. The van der Waals surface area contributed by atoms with Gasteiger partial charge in [0, 0.05) is 18.8 Å². The number of piperidine rings is 1. The Balaban J connectivity index is 1.77. The molecule has 6 nitrogen and oxygen atoms in total. The highest BCUT2D eigenvalue weighted by Gasteiger charge is 2.30. The van der Waals surface area contributed by atoms with E-state index in [-0.39, 0.29) is 12.5 Å². The van der Waals surface area contributed by atoms with Crippen LogP contribution >= 0.6 is 0 Å². The van der Waals surface area contributed by atoms with Crippen LogP contribution in [0.5, 0.6) is 0 Å². The second-order valence-electron chi connectivity index (χ2n) is 5.59. The van der Waals surface area contributed by atoms with Gasteiger partial charge in [0.25, 0.3) is 0 Å². The Hall–Kier alpha value is -2.08. The highest BCUT2D eigenvalue weighted by Crippen LogP contribution is 2.19. The molecule has 114 valence electrons. The van der Waals surface area contributed by atoms with Crippen LogP contribution in [0.3, 0.4) is 0 Å². The molecule has 0 aromatic heterocycles. The molecule has 2 rings (SSSR count). The molecule has 6 heteroatoms. The second-order valence-corrected chi connectivity index (χ2v) is 5.59. The minimum Gasteiger partial charge on any atom is -0.388 e. The van der Waals surface area contributed by atoms with Crippen LogP contribution in [-0.2, 0) is 4.79 Å². The van der Waals surface area contributed by atoms with E-state index < -0.39 is 11.6 Å². The molecule has 1 fully saturated rings. The van der Waals surface area contributed by atoms with Crippen LogP contribution in [0.25, 0.3) is 0 Å². The number of amides is 3. The maximum atomic E-state index is 12.0. The fourth-order valence-corrected chi connectivity index (χ4v) is 2.40. The van der Waals surface area contributed by atoms with Crippen LogP contribution < -0.4 is 10.6 Å². The number of para-hydroxylation sites is 1. The Morgan fingerprint density at radius 3 is 2.71 bits per heavy atom. The van der Waals surface area contributed by atoms with Crippen molar-refractivity contribution in [2.24, 2.45) is 0 Å². The van der Waals surface area contributed by atoms with Gasteiger partial charge in [0.1, 0.15) is 0 Å². The van der Waals surface area contributed by atoms with Gasteiger partial charge in [-0.05, 0) is 31.9 Å². The van der Waals surface area contributed by atoms with Crippen molar-refractivity contribution >= 4 is 17.6 Å². The predicted molar refractivity (Wildman–Crippen MR) is 79.9 cm³/mol. The fourth-order valence-electron chi connectivity index (χ4n) is 2.40. The Morgan fingerprint density at radius 1 is 1.33 bits per heavy atom. The first-order valence-corrected chi connectivity index (χ1v) is 7.06. The third-order valence-corrected chi connectivity index (χ3v) is 3.46. The van der Waals surface area contributed by atoms with Gasteiger partial charge in [0.15, 0.2) is 0 Å². The third-order valence-electron chi connectivity index (χ3n) is 3.46. The Kier molecular flexibility index (Phi) is 4.80. The minimum atomic E-state index is -0.833. The van der Waals surface area contributed by atoms with Crippen LogP contribution in [-0.4, -0.2) is 47.2 Å². The van der Waals surface area contributed by atoms with Gasteiger partial charge in [0.05, 0.1) is 12.1 Å². The van der Waals surface area contributed by atoms with Gasteiger partial charge in [-0.25, -0.2) is 4.79 Å². The fraction of sp³-hybridized carbons (Fsp3) is 0.467. The standard InChI is InChI=1S/C15H21N3O3/c1-15(21)8-5-9-18(11-15)13(19)10-16-14(20)17-12-6-3-2-4-7-12/h2-4,6-7,21H,5,8-11H2,1H3,(H2,16,17,20). The lowest BCUT2D eigenvalue weighted by molar-refractivity contribution is -0.136. The first kappa shape index (κ1) is 15.3. The smallest absolute Gasteiger partial charge is 0.319 e. The molecule has 0 bridgehead atoms. The molecule has 1 atom stereocenters. The number of hydrogen-bond acceptors (Lipinski definition) is 3. The van der Waals surface area contributed by atoms with Crippen LogP contribution in [0, 0.1) is 0 Å². The summed E-state index contributed by atoms with van der Waals surface area (Å²) in [6.07, 6.45) is 1.47. The number of rotatable bonds is 3. The van der Waals surface area contributed by atoms with E-state index in [9.17, 15) is 14.7 Å². The summed E-state index contributed by atoms with van der Waals surface area (Å²) < 4.78 is 0. The molecule has 0 aliphatic carbocycles. The van der Waals surface area contributed by atoms with Crippen LogP contribution in [0.2, 0.25) is 0 Å². The van der Waals surface area contributed by atoms with E-state index in [1.54, 1.807) is 24.0 Å². The topological polar surface area (TPSA) is 81.7 Å². The molecule has 3 amide bonds. The number of benzene rings is 1. The van der Waals surface area contributed by atoms with Gasteiger partial charge < -0.3 is 20.6 Å². The molecule has 0 radical (unpaired) electrons. The number of aliphatic hydroxyl groups is 1. The van der Waals surface area contributed by atoms with Crippen molar-refractivity contribution in [1.82, 2.24) is 10.2 Å². The van der Waals surface area contributed by atoms with Gasteiger partial charge in [-0.2, -0.15) is 0 Å². The molecule has 1 unspecified atom stereocenters. The van der Waals surface area contributed by atoms with Crippen molar-refractivity contribution in [3.05, 3.63) is 30.3 Å². The number of β-amino-alcohol motifs (C(OH)–C–C–N with tert-alkyl or cyclic N) is 1. The van der Waals surface area contributed by atoms with Crippen LogP contribution in [0.15, 0.2) is 30.3 Å². The number of carbonyl (C=O) groups is 2. The van der Waals surface area contributed by atoms with Crippen molar-refractivity contribution in [2.75, 3.05) is 25.0 Å². The first-order chi connectivity index (χ1) is 9.96. The number of carbonyl (C=O) groups excluding carboxylic acids is 2. The van der Waals surface area contributed by atoms with E-state index in [1.165, 1.54) is 0 Å². The quantitative estimate of drug-likeness (QED) is 0.782. The van der Waals surface area contributed by atoms with Gasteiger partial charge >= 0.3 is 6.03 Å². The molecule has 1 aromatic carbocycles. The monoisotopic (exact) mass is 291 g/mol. The second kappa shape index (κ2) is 6.58. The van der Waals surface area contributed by atoms with E-state index in [4.69, 9.17) is 0 Å². The summed E-state index contributed by atoms with van der Waals surface area (Å²) in [7, 11) is 0. The third kappa shape index (κ3) is 4.75. The zero-order chi connectivity index (χ0) is 15.3. The van der Waals surface area contributed by atoms with Gasteiger partial charge in [-0.1, -0.05) is 18.2 Å². The predicted octanol–water partition coefficient (Wildman–Crippen LogP) is 1.18. The molecule has 1 aliphatic heterocycles. The van der Waals surface area contributed by atoms with Crippen molar-refractivity contribution in [3.63, 3.8) is 0 Å². The van der Waals surface area contributed by atoms with Crippen molar-refractivity contribution in [3.8, 4) is 0 Å². The van der Waals surface area contributed by atoms with Crippen molar-refractivity contribution in [2.45, 2.75) is 25.4 Å². The highest BCUT2D eigenvalue weighted by molar-refractivity contribution is 5.92. The maximum absolute atomic E-state index is 12.0. The van der Waals surface area contributed by atoms with E-state index in [0.29, 0.717) is 25.2 Å². The van der Waals surface area contributed by atoms with E-state index in [1.807, 2.05) is 18.2 Å². The number of likely N-dealkylation sites (tertiary alicyclic amines) is 1. The summed E-state index contributed by atoms with van der Waals surface area (Å²) in [4.78, 5) is 25.3. The summed E-state index contributed by atoms with van der Waals surface area (Å²) in [5, 5.41) is 15.2. The number of anilines is 1. The number of urea groups is 1. The van der Waals surface area contributed by atoms with E-state index in [2.05, 4.69) is 10.6 Å². The Labute approximate surface area is 124 Å². The summed E-state index contributed by atoms with van der Waals surface area (Å²) in [6.45, 7) is 2.58. The SMILES string of the molecule is CC1(O)CCCN(C(=O)CNC(=O)Nc2ccccc2)C1. The van der Waals surface area contributed by atoms with Gasteiger partial charge in [-0.3, -0.25) is 4.79 Å². The van der Waals surface area contributed by atoms with Gasteiger partial charge in [-0.15, -0.1) is 0 Å². The molecule has 1 saturated heterocycles. The molecule has 1 aliphatic rings. The van der Waals surface area contributed by atoms with Gasteiger partial charge in [0.2, 0.25) is 5.91 Å². The van der Waals surface area contributed by atoms with Crippen LogP contribution in [0.1, 0.15) is 19.8 Å². The molecule has 0 saturated carbocycles. The largest absolute Gasteiger partial charge is 0.388 e. The molecule has 21 heavy (non-hydrogen) atoms. The highest BCUT2D eigenvalue weighted by atomic mass is 16.3. The Bertz CT molecular complexity index is 502. The molecular weight excluding hydrogens is 270 g/mol. The lowest BCUT2D eigenvalue weighted by atomic mass is 9.95. The molecule has 1 aromatic rings.